The Kier molecular flexibility index (Phi) is 5.05. The summed E-state index contributed by atoms with van der Waals surface area (Å²) < 4.78 is 0. The van der Waals surface area contributed by atoms with Crippen LogP contribution in [0.25, 0.3) is 0 Å². The van der Waals surface area contributed by atoms with Gasteiger partial charge in [-0.2, -0.15) is 0 Å². The van der Waals surface area contributed by atoms with Crippen LogP contribution < -0.4 is 5.32 Å². The molecule has 1 N–H and O–H groups in total. The lowest BCUT2D eigenvalue weighted by atomic mass is 10.2. The van der Waals surface area contributed by atoms with Crippen LogP contribution in [-0.2, 0) is 4.79 Å². The van der Waals surface area contributed by atoms with Crippen LogP contribution in [-0.4, -0.2) is 62.0 Å². The minimum atomic E-state index is 0.149. The van der Waals surface area contributed by atoms with Crippen molar-refractivity contribution in [3.63, 3.8) is 0 Å². The van der Waals surface area contributed by atoms with Crippen molar-refractivity contribution < 1.29 is 4.79 Å². The maximum absolute atomic E-state index is 11.3. The Hall–Kier alpha value is -0.610. The zero-order chi connectivity index (χ0) is 11.3. The average molecular weight is 213 g/mol. The third-order valence-corrected chi connectivity index (χ3v) is 3.06. The van der Waals surface area contributed by atoms with Crippen molar-refractivity contribution in [2.24, 2.45) is 0 Å². The SMILES string of the molecule is CCN1CCC[C@@H]1CNCC(=O)N(C)C. The van der Waals surface area contributed by atoms with Gasteiger partial charge >= 0.3 is 0 Å². The molecule has 4 heteroatoms. The van der Waals surface area contributed by atoms with Gasteiger partial charge in [-0.25, -0.2) is 0 Å². The zero-order valence-corrected chi connectivity index (χ0v) is 10.1. The fraction of sp³-hybridized carbons (Fsp3) is 0.909. The highest BCUT2D eigenvalue weighted by Crippen LogP contribution is 2.15. The number of amides is 1. The molecule has 4 nitrogen and oxygen atoms in total. The van der Waals surface area contributed by atoms with E-state index in [1.165, 1.54) is 19.4 Å². The van der Waals surface area contributed by atoms with Gasteiger partial charge in [0.1, 0.15) is 0 Å². The molecule has 0 aromatic rings. The molecular weight excluding hydrogens is 190 g/mol. The standard InChI is InChI=1S/C11H23N3O/c1-4-14-7-5-6-10(14)8-12-9-11(15)13(2)3/h10,12H,4-9H2,1-3H3/t10-/m1/s1. The lowest BCUT2D eigenvalue weighted by Crippen LogP contribution is -2.41. The number of carbonyl (C=O) groups is 1. The molecule has 0 spiro atoms. The maximum atomic E-state index is 11.3. The molecule has 1 saturated heterocycles. The molecule has 1 atom stereocenters. The molecule has 1 fully saturated rings. The van der Waals surface area contributed by atoms with E-state index in [-0.39, 0.29) is 5.91 Å². The van der Waals surface area contributed by atoms with Gasteiger partial charge in [0.25, 0.3) is 0 Å². The highest BCUT2D eigenvalue weighted by molar-refractivity contribution is 5.77. The number of hydrogen-bond acceptors (Lipinski definition) is 3. The number of likely N-dealkylation sites (N-methyl/N-ethyl adjacent to an activating group) is 2. The Labute approximate surface area is 92.6 Å². The smallest absolute Gasteiger partial charge is 0.236 e. The number of nitrogens with one attached hydrogen (secondary N) is 1. The minimum Gasteiger partial charge on any atom is -0.348 e. The molecule has 0 unspecified atom stereocenters. The number of nitrogens with zero attached hydrogens (tertiary/aromatic N) is 2. The van der Waals surface area contributed by atoms with Crippen molar-refractivity contribution in [3.8, 4) is 0 Å². The summed E-state index contributed by atoms with van der Waals surface area (Å²) in [5.74, 6) is 0.149. The molecule has 1 amide bonds. The Balaban J connectivity index is 2.17. The first-order valence-corrected chi connectivity index (χ1v) is 5.80. The molecule has 0 aromatic heterocycles. The molecule has 88 valence electrons. The van der Waals surface area contributed by atoms with Gasteiger partial charge in [-0.1, -0.05) is 6.92 Å². The van der Waals surface area contributed by atoms with Crippen LogP contribution in [0.1, 0.15) is 19.8 Å². The molecule has 0 radical (unpaired) electrons. The van der Waals surface area contributed by atoms with E-state index in [4.69, 9.17) is 0 Å². The molecule has 0 bridgehead atoms. The largest absolute Gasteiger partial charge is 0.348 e. The summed E-state index contributed by atoms with van der Waals surface area (Å²) in [7, 11) is 3.58. The predicted molar refractivity (Wildman–Crippen MR) is 61.8 cm³/mol. The summed E-state index contributed by atoms with van der Waals surface area (Å²) in [6.45, 7) is 5.93. The first kappa shape index (κ1) is 12.5. The highest BCUT2D eigenvalue weighted by Gasteiger charge is 2.22. The van der Waals surface area contributed by atoms with E-state index in [0.29, 0.717) is 12.6 Å². The lowest BCUT2D eigenvalue weighted by Gasteiger charge is -2.23. The van der Waals surface area contributed by atoms with E-state index < -0.39 is 0 Å². The second kappa shape index (κ2) is 6.08. The van der Waals surface area contributed by atoms with E-state index in [1.54, 1.807) is 19.0 Å². The average Bonchev–Trinajstić information content (AvgIpc) is 2.65. The first-order valence-electron chi connectivity index (χ1n) is 5.80. The van der Waals surface area contributed by atoms with Gasteiger partial charge in [0.05, 0.1) is 6.54 Å². The maximum Gasteiger partial charge on any atom is 0.236 e. The van der Waals surface area contributed by atoms with Crippen molar-refractivity contribution in [3.05, 3.63) is 0 Å². The zero-order valence-electron chi connectivity index (χ0n) is 10.1. The van der Waals surface area contributed by atoms with Crippen LogP contribution in [0.3, 0.4) is 0 Å². The monoisotopic (exact) mass is 213 g/mol. The molecule has 0 aliphatic carbocycles. The van der Waals surface area contributed by atoms with Crippen molar-refractivity contribution >= 4 is 5.91 Å². The van der Waals surface area contributed by atoms with Gasteiger partial charge < -0.3 is 10.2 Å². The number of likely N-dealkylation sites (tertiary alicyclic amines) is 1. The molecule has 0 saturated carbocycles. The highest BCUT2D eigenvalue weighted by atomic mass is 16.2. The molecule has 1 heterocycles. The van der Waals surface area contributed by atoms with Gasteiger partial charge in [-0.3, -0.25) is 9.69 Å². The summed E-state index contributed by atoms with van der Waals surface area (Å²) in [4.78, 5) is 15.4. The molecule has 1 aliphatic heterocycles. The van der Waals surface area contributed by atoms with Crippen LogP contribution in [0.15, 0.2) is 0 Å². The number of rotatable bonds is 5. The Morgan fingerprint density at radius 3 is 2.87 bits per heavy atom. The van der Waals surface area contributed by atoms with E-state index in [0.717, 1.165) is 13.1 Å². The summed E-state index contributed by atoms with van der Waals surface area (Å²) >= 11 is 0. The van der Waals surface area contributed by atoms with Crippen molar-refractivity contribution in [2.75, 3.05) is 40.3 Å². The van der Waals surface area contributed by atoms with Crippen molar-refractivity contribution in [2.45, 2.75) is 25.8 Å². The topological polar surface area (TPSA) is 35.6 Å². The third kappa shape index (κ3) is 3.80. The van der Waals surface area contributed by atoms with E-state index in [1.807, 2.05) is 0 Å². The fourth-order valence-electron chi connectivity index (χ4n) is 2.05. The molecule has 1 rings (SSSR count). The second-order valence-corrected chi connectivity index (χ2v) is 4.34. The van der Waals surface area contributed by atoms with E-state index >= 15 is 0 Å². The fourth-order valence-corrected chi connectivity index (χ4v) is 2.05. The van der Waals surface area contributed by atoms with Crippen molar-refractivity contribution in [1.82, 2.24) is 15.1 Å². The summed E-state index contributed by atoms with van der Waals surface area (Å²) in [6, 6.07) is 0.630. The van der Waals surface area contributed by atoms with E-state index in [9.17, 15) is 4.79 Å². The van der Waals surface area contributed by atoms with Crippen molar-refractivity contribution in [1.29, 1.82) is 0 Å². The number of carbonyl (C=O) groups excluding carboxylic acids is 1. The van der Waals surface area contributed by atoms with E-state index in [2.05, 4.69) is 17.1 Å². The molecule has 1 aliphatic rings. The Bertz CT molecular complexity index is 206. The van der Waals surface area contributed by atoms with Crippen LogP contribution in [0, 0.1) is 0 Å². The van der Waals surface area contributed by atoms with Gasteiger partial charge in [0.2, 0.25) is 5.91 Å². The van der Waals surface area contributed by atoms with Crippen LogP contribution in [0.2, 0.25) is 0 Å². The number of hydrogen-bond donors (Lipinski definition) is 1. The lowest BCUT2D eigenvalue weighted by molar-refractivity contribution is -0.127. The van der Waals surface area contributed by atoms with Crippen LogP contribution in [0.4, 0.5) is 0 Å². The van der Waals surface area contributed by atoms with Gasteiger partial charge in [0.15, 0.2) is 0 Å². The summed E-state index contributed by atoms with van der Waals surface area (Å²) in [5.41, 5.74) is 0. The molecular formula is C11H23N3O. The normalized spacial score (nSPS) is 21.9. The first-order chi connectivity index (χ1) is 7.15. The quantitative estimate of drug-likeness (QED) is 0.706. The van der Waals surface area contributed by atoms with Gasteiger partial charge in [-0.05, 0) is 25.9 Å². The second-order valence-electron chi connectivity index (χ2n) is 4.34. The summed E-state index contributed by atoms with van der Waals surface area (Å²) in [6.07, 6.45) is 2.55. The minimum absolute atomic E-state index is 0.149. The van der Waals surface area contributed by atoms with Crippen LogP contribution in [0.5, 0.6) is 0 Å². The molecule has 15 heavy (non-hydrogen) atoms. The summed E-state index contributed by atoms with van der Waals surface area (Å²) in [5, 5.41) is 3.24. The van der Waals surface area contributed by atoms with Gasteiger partial charge in [-0.15, -0.1) is 0 Å². The Morgan fingerprint density at radius 1 is 1.53 bits per heavy atom. The Morgan fingerprint density at radius 2 is 2.27 bits per heavy atom. The molecule has 0 aromatic carbocycles. The van der Waals surface area contributed by atoms with Gasteiger partial charge in [0, 0.05) is 26.7 Å². The third-order valence-electron chi connectivity index (χ3n) is 3.06. The predicted octanol–water partition coefficient (Wildman–Crippen LogP) is 0.149. The van der Waals surface area contributed by atoms with Crippen LogP contribution >= 0.6 is 0 Å².